The molecule has 0 fully saturated rings. The van der Waals surface area contributed by atoms with Crippen LogP contribution in [-0.4, -0.2) is 31.0 Å². The van der Waals surface area contributed by atoms with Gasteiger partial charge in [-0.2, -0.15) is 0 Å². The Balaban J connectivity index is 1.58. The van der Waals surface area contributed by atoms with Crippen molar-refractivity contribution >= 4 is 45.8 Å². The number of rotatable bonds is 5. The molecular formula is C30H34N2O4S2. The smallest absolute Gasteiger partial charge is 0.341 e. The average molecular weight is 551 g/mol. The fourth-order valence-corrected chi connectivity index (χ4v) is 7.69. The van der Waals surface area contributed by atoms with Crippen LogP contribution in [0.4, 0.5) is 5.00 Å². The number of ketones is 1. The van der Waals surface area contributed by atoms with E-state index in [1.807, 2.05) is 37.4 Å². The first-order valence-corrected chi connectivity index (χ1v) is 15.1. The summed E-state index contributed by atoms with van der Waals surface area (Å²) in [5.41, 5.74) is 5.04. The van der Waals surface area contributed by atoms with Gasteiger partial charge in [0.1, 0.15) is 5.00 Å². The molecule has 2 aromatic rings. The number of benzene rings is 1. The van der Waals surface area contributed by atoms with E-state index in [9.17, 15) is 14.4 Å². The van der Waals surface area contributed by atoms with Crippen LogP contribution < -0.4 is 10.6 Å². The Hall–Kier alpha value is -2.84. The van der Waals surface area contributed by atoms with E-state index in [0.717, 1.165) is 64.4 Å². The summed E-state index contributed by atoms with van der Waals surface area (Å²) < 4.78 is 5.10. The second-order valence-electron chi connectivity index (χ2n) is 11.1. The number of amides is 1. The van der Waals surface area contributed by atoms with Crippen LogP contribution in [0, 0.1) is 5.41 Å². The Bertz CT molecular complexity index is 1380. The Labute approximate surface area is 232 Å². The fraction of sp³-hybridized carbons (Fsp3) is 0.433. The summed E-state index contributed by atoms with van der Waals surface area (Å²) in [6.45, 7) is 6.11. The summed E-state index contributed by atoms with van der Waals surface area (Å²) >= 11 is 3.12. The van der Waals surface area contributed by atoms with E-state index in [1.54, 1.807) is 11.8 Å². The summed E-state index contributed by atoms with van der Waals surface area (Å²) in [6, 6.07) is 8.10. The molecule has 0 bridgehead atoms. The summed E-state index contributed by atoms with van der Waals surface area (Å²) in [6.07, 6.45) is 6.98. The minimum atomic E-state index is -0.484. The van der Waals surface area contributed by atoms with Crippen LogP contribution in [0.3, 0.4) is 0 Å². The molecule has 1 atom stereocenters. The van der Waals surface area contributed by atoms with E-state index >= 15 is 0 Å². The van der Waals surface area contributed by atoms with Crippen molar-refractivity contribution in [2.75, 3.05) is 18.7 Å². The third-order valence-electron chi connectivity index (χ3n) is 7.72. The Kier molecular flexibility index (Phi) is 7.31. The zero-order valence-corrected chi connectivity index (χ0v) is 24.2. The first-order chi connectivity index (χ1) is 18.1. The molecule has 0 spiro atoms. The lowest BCUT2D eigenvalue weighted by atomic mass is 9.68. The van der Waals surface area contributed by atoms with E-state index in [4.69, 9.17) is 4.74 Å². The van der Waals surface area contributed by atoms with Gasteiger partial charge in [-0.15, -0.1) is 23.1 Å². The van der Waals surface area contributed by atoms with Crippen molar-refractivity contribution in [3.05, 3.63) is 68.4 Å². The SMILES string of the molecule is COC(=O)c1c(NC(=O)C2=C(C)NC3=C(C(=O)CC(C)(C)C3)[C@@H]2c2ccc(SC)cc2)sc2c1CCCC2. The van der Waals surface area contributed by atoms with Gasteiger partial charge in [0.25, 0.3) is 5.91 Å². The number of ether oxygens (including phenoxy) is 1. The minimum Gasteiger partial charge on any atom is -0.465 e. The number of fused-ring (bicyclic) bond motifs is 1. The van der Waals surface area contributed by atoms with Gasteiger partial charge in [-0.25, -0.2) is 4.79 Å². The zero-order valence-electron chi connectivity index (χ0n) is 22.6. The maximum atomic E-state index is 14.1. The monoisotopic (exact) mass is 550 g/mol. The second-order valence-corrected chi connectivity index (χ2v) is 13.0. The van der Waals surface area contributed by atoms with Gasteiger partial charge in [0.05, 0.1) is 12.7 Å². The van der Waals surface area contributed by atoms with Gasteiger partial charge in [-0.05, 0) is 74.0 Å². The number of Topliss-reactive ketones (excluding diaryl/α,β-unsaturated/α-hetero) is 1. The molecule has 6 nitrogen and oxygen atoms in total. The van der Waals surface area contributed by atoms with Gasteiger partial charge < -0.3 is 15.4 Å². The molecule has 0 saturated heterocycles. The number of aryl methyl sites for hydroxylation is 1. The van der Waals surface area contributed by atoms with Crippen LogP contribution in [0.2, 0.25) is 0 Å². The number of esters is 1. The molecule has 1 aromatic heterocycles. The Morgan fingerprint density at radius 2 is 1.84 bits per heavy atom. The van der Waals surface area contributed by atoms with Crippen LogP contribution in [-0.2, 0) is 27.2 Å². The molecular weight excluding hydrogens is 516 g/mol. The number of carbonyl (C=O) groups excluding carboxylic acids is 3. The quantitative estimate of drug-likeness (QED) is 0.332. The van der Waals surface area contributed by atoms with E-state index in [-0.39, 0.29) is 17.1 Å². The molecule has 200 valence electrons. The lowest BCUT2D eigenvalue weighted by Gasteiger charge is -2.39. The predicted octanol–water partition coefficient (Wildman–Crippen LogP) is 6.38. The van der Waals surface area contributed by atoms with Gasteiger partial charge in [0, 0.05) is 44.7 Å². The number of hydrogen-bond acceptors (Lipinski definition) is 7. The molecule has 2 aliphatic carbocycles. The highest BCUT2D eigenvalue weighted by Crippen LogP contribution is 2.47. The Morgan fingerprint density at radius 1 is 1.13 bits per heavy atom. The van der Waals surface area contributed by atoms with Gasteiger partial charge in [0.2, 0.25) is 0 Å². The third-order valence-corrected chi connectivity index (χ3v) is 9.67. The summed E-state index contributed by atoms with van der Waals surface area (Å²) in [5, 5.41) is 7.03. The largest absolute Gasteiger partial charge is 0.465 e. The van der Waals surface area contributed by atoms with E-state index < -0.39 is 11.9 Å². The van der Waals surface area contributed by atoms with Crippen molar-refractivity contribution in [1.29, 1.82) is 0 Å². The molecule has 0 unspecified atom stereocenters. The standard InChI is InChI=1S/C30H34N2O4S2/c1-16-23(27(34)32-28-25(29(35)36-4)19-8-6-7-9-22(19)38-28)24(17-10-12-18(37-5)13-11-17)26-20(31-16)14-30(2,3)15-21(26)33/h10-13,24,31H,6-9,14-15H2,1-5H3,(H,32,34)/t24-/m1/s1. The molecule has 2 N–H and O–H groups in total. The van der Waals surface area contributed by atoms with Crippen LogP contribution >= 0.6 is 23.1 Å². The number of anilines is 1. The molecule has 3 aliphatic rings. The topological polar surface area (TPSA) is 84.5 Å². The first-order valence-electron chi connectivity index (χ1n) is 13.1. The average Bonchev–Trinajstić information content (AvgIpc) is 3.24. The molecule has 0 saturated carbocycles. The van der Waals surface area contributed by atoms with E-state index in [1.165, 1.54) is 18.4 Å². The lowest BCUT2D eigenvalue weighted by molar-refractivity contribution is -0.118. The van der Waals surface area contributed by atoms with Gasteiger partial charge in [-0.1, -0.05) is 26.0 Å². The van der Waals surface area contributed by atoms with Crippen molar-refractivity contribution in [1.82, 2.24) is 5.32 Å². The number of nitrogens with one attached hydrogen (secondary N) is 2. The summed E-state index contributed by atoms with van der Waals surface area (Å²) in [4.78, 5) is 42.7. The van der Waals surface area contributed by atoms with Gasteiger partial charge in [-0.3, -0.25) is 9.59 Å². The third kappa shape index (κ3) is 4.84. The van der Waals surface area contributed by atoms with Crippen molar-refractivity contribution in [3.63, 3.8) is 0 Å². The zero-order chi connectivity index (χ0) is 27.2. The molecule has 2 heterocycles. The predicted molar refractivity (Wildman–Crippen MR) is 153 cm³/mol. The lowest BCUT2D eigenvalue weighted by Crippen LogP contribution is -2.39. The van der Waals surface area contributed by atoms with Crippen LogP contribution in [0.1, 0.15) is 78.7 Å². The molecule has 1 amide bonds. The van der Waals surface area contributed by atoms with Gasteiger partial charge in [0.15, 0.2) is 5.78 Å². The molecule has 8 heteroatoms. The number of hydrogen-bond donors (Lipinski definition) is 2. The number of thiophene rings is 1. The fourth-order valence-electron chi connectivity index (χ4n) is 6.01. The maximum absolute atomic E-state index is 14.1. The van der Waals surface area contributed by atoms with Crippen molar-refractivity contribution < 1.29 is 19.1 Å². The van der Waals surface area contributed by atoms with Crippen molar-refractivity contribution in [2.45, 2.75) is 70.1 Å². The molecule has 1 aliphatic heterocycles. The van der Waals surface area contributed by atoms with E-state index in [0.29, 0.717) is 28.1 Å². The summed E-state index contributed by atoms with van der Waals surface area (Å²) in [5.74, 6) is -1.14. The molecule has 38 heavy (non-hydrogen) atoms. The second kappa shape index (κ2) is 10.4. The van der Waals surface area contributed by atoms with Crippen molar-refractivity contribution in [2.24, 2.45) is 5.41 Å². The van der Waals surface area contributed by atoms with Crippen molar-refractivity contribution in [3.8, 4) is 0 Å². The first kappa shape index (κ1) is 26.8. The number of thioether (sulfide) groups is 1. The molecule has 1 aromatic carbocycles. The highest BCUT2D eigenvalue weighted by Gasteiger charge is 2.43. The maximum Gasteiger partial charge on any atom is 0.341 e. The highest BCUT2D eigenvalue weighted by atomic mass is 32.2. The number of dihydropyridines is 1. The van der Waals surface area contributed by atoms with Crippen LogP contribution in [0.5, 0.6) is 0 Å². The number of carbonyl (C=O) groups is 3. The molecule has 0 radical (unpaired) electrons. The van der Waals surface area contributed by atoms with E-state index in [2.05, 4.69) is 24.5 Å². The normalized spacial score (nSPS) is 20.4. The van der Waals surface area contributed by atoms with Crippen LogP contribution in [0.15, 0.2) is 51.7 Å². The minimum absolute atomic E-state index is 0.0716. The number of methoxy groups -OCH3 is 1. The summed E-state index contributed by atoms with van der Waals surface area (Å²) in [7, 11) is 1.37. The highest BCUT2D eigenvalue weighted by molar-refractivity contribution is 7.98. The van der Waals surface area contributed by atoms with Crippen LogP contribution in [0.25, 0.3) is 0 Å². The number of allylic oxidation sites excluding steroid dienone is 3. The van der Waals surface area contributed by atoms with Gasteiger partial charge >= 0.3 is 5.97 Å². The Morgan fingerprint density at radius 3 is 2.53 bits per heavy atom. The molecule has 5 rings (SSSR count).